The lowest BCUT2D eigenvalue weighted by atomic mass is 10.2. The van der Waals surface area contributed by atoms with Crippen LogP contribution in [0.4, 0.5) is 0 Å². The number of nitrogens with one attached hydrogen (secondary N) is 1. The van der Waals surface area contributed by atoms with Crippen LogP contribution in [0.2, 0.25) is 0 Å². The minimum absolute atomic E-state index is 0.143. The molecular formula is C12H23NO2S2. The van der Waals surface area contributed by atoms with Gasteiger partial charge in [0.1, 0.15) is 0 Å². The average molecular weight is 277 g/mol. The molecule has 5 heteroatoms. The smallest absolute Gasteiger partial charge is 0.151 e. The Morgan fingerprint density at radius 3 is 2.53 bits per heavy atom. The first-order valence-electron chi connectivity index (χ1n) is 6.48. The molecular weight excluding hydrogens is 254 g/mol. The zero-order valence-electron chi connectivity index (χ0n) is 10.7. The van der Waals surface area contributed by atoms with Crippen molar-refractivity contribution < 1.29 is 8.42 Å². The first kappa shape index (κ1) is 13.7. The van der Waals surface area contributed by atoms with Gasteiger partial charge in [-0.1, -0.05) is 6.42 Å². The third-order valence-electron chi connectivity index (χ3n) is 4.17. The number of rotatable bonds is 4. The summed E-state index contributed by atoms with van der Waals surface area (Å²) < 4.78 is 23.4. The zero-order valence-corrected chi connectivity index (χ0v) is 12.3. The van der Waals surface area contributed by atoms with Crippen LogP contribution in [-0.4, -0.2) is 43.5 Å². The number of hydrogen-bond acceptors (Lipinski definition) is 4. The number of sulfone groups is 1. The van der Waals surface area contributed by atoms with E-state index in [1.54, 1.807) is 0 Å². The second kappa shape index (κ2) is 5.49. The molecule has 2 aliphatic carbocycles. The maximum Gasteiger partial charge on any atom is 0.151 e. The van der Waals surface area contributed by atoms with E-state index in [1.807, 2.05) is 11.8 Å². The molecule has 0 saturated heterocycles. The fraction of sp³-hybridized carbons (Fsp3) is 1.00. The van der Waals surface area contributed by atoms with Gasteiger partial charge in [-0.2, -0.15) is 11.8 Å². The van der Waals surface area contributed by atoms with Crippen LogP contribution in [0.5, 0.6) is 0 Å². The van der Waals surface area contributed by atoms with Gasteiger partial charge in [0.25, 0.3) is 0 Å². The quantitative estimate of drug-likeness (QED) is 0.851. The molecule has 2 fully saturated rings. The van der Waals surface area contributed by atoms with E-state index in [0.29, 0.717) is 6.04 Å². The van der Waals surface area contributed by atoms with Gasteiger partial charge in [-0.05, 0) is 38.4 Å². The summed E-state index contributed by atoms with van der Waals surface area (Å²) in [7, 11) is -2.88. The van der Waals surface area contributed by atoms with E-state index in [-0.39, 0.29) is 11.3 Å². The molecule has 0 radical (unpaired) electrons. The van der Waals surface area contributed by atoms with Gasteiger partial charge in [0.05, 0.1) is 5.25 Å². The Labute approximate surface area is 109 Å². The fourth-order valence-corrected chi connectivity index (χ4v) is 5.44. The molecule has 0 aromatic heterocycles. The number of thioether (sulfide) groups is 1. The number of hydrogen-bond donors (Lipinski definition) is 1. The Kier molecular flexibility index (Phi) is 4.42. The van der Waals surface area contributed by atoms with Gasteiger partial charge in [0, 0.05) is 23.6 Å². The summed E-state index contributed by atoms with van der Waals surface area (Å²) in [4.78, 5) is 0. The predicted molar refractivity (Wildman–Crippen MR) is 74.3 cm³/mol. The molecule has 1 N–H and O–H groups in total. The normalized spacial score (nSPS) is 38.7. The highest BCUT2D eigenvalue weighted by Gasteiger charge is 2.37. The van der Waals surface area contributed by atoms with E-state index >= 15 is 0 Å². The van der Waals surface area contributed by atoms with Crippen LogP contribution in [0.15, 0.2) is 0 Å². The van der Waals surface area contributed by atoms with Crippen molar-refractivity contribution >= 4 is 21.6 Å². The van der Waals surface area contributed by atoms with Crippen molar-refractivity contribution in [2.75, 3.05) is 12.5 Å². The van der Waals surface area contributed by atoms with Crippen molar-refractivity contribution in [2.45, 2.75) is 61.1 Å². The van der Waals surface area contributed by atoms with Crippen LogP contribution in [0.3, 0.4) is 0 Å². The topological polar surface area (TPSA) is 46.2 Å². The van der Waals surface area contributed by atoms with Gasteiger partial charge in [-0.3, -0.25) is 0 Å². The van der Waals surface area contributed by atoms with E-state index in [4.69, 9.17) is 0 Å². The molecule has 3 nitrogen and oxygen atoms in total. The molecule has 4 unspecified atom stereocenters. The second-order valence-electron chi connectivity index (χ2n) is 5.44. The summed E-state index contributed by atoms with van der Waals surface area (Å²) in [6.45, 7) is 0. The van der Waals surface area contributed by atoms with Crippen LogP contribution in [0.25, 0.3) is 0 Å². The first-order chi connectivity index (χ1) is 8.00. The average Bonchev–Trinajstić information content (AvgIpc) is 2.85. The van der Waals surface area contributed by atoms with Gasteiger partial charge in [0.2, 0.25) is 0 Å². The van der Waals surface area contributed by atoms with Crippen molar-refractivity contribution in [1.82, 2.24) is 5.32 Å². The zero-order chi connectivity index (χ0) is 12.5. The fourth-order valence-electron chi connectivity index (χ4n) is 3.24. The highest BCUT2D eigenvalue weighted by molar-refractivity contribution is 7.99. The predicted octanol–water partition coefficient (Wildman–Crippen LogP) is 1.83. The molecule has 0 amide bonds. The summed E-state index contributed by atoms with van der Waals surface area (Å²) in [6, 6.07) is 0.746. The minimum atomic E-state index is -2.88. The summed E-state index contributed by atoms with van der Waals surface area (Å²) in [5.74, 6) is 0. The van der Waals surface area contributed by atoms with Gasteiger partial charge in [-0.15, -0.1) is 0 Å². The lowest BCUT2D eigenvalue weighted by molar-refractivity contribution is 0.432. The molecule has 0 aliphatic heterocycles. The maximum atomic E-state index is 11.7. The lowest BCUT2D eigenvalue weighted by Gasteiger charge is -2.23. The standard InChI is InChI=1S/C12H23NO2S2/c1-16-10-7-6-9(8-10)13-11-4-3-5-12(11)17(2,14)15/h9-13H,3-8H2,1-2H3. The molecule has 0 aromatic rings. The highest BCUT2D eigenvalue weighted by atomic mass is 32.2. The van der Waals surface area contributed by atoms with Crippen molar-refractivity contribution in [3.05, 3.63) is 0 Å². The third-order valence-corrected chi connectivity index (χ3v) is 6.93. The molecule has 17 heavy (non-hydrogen) atoms. The van der Waals surface area contributed by atoms with E-state index < -0.39 is 9.84 Å². The van der Waals surface area contributed by atoms with Crippen molar-refractivity contribution in [1.29, 1.82) is 0 Å². The monoisotopic (exact) mass is 277 g/mol. The molecule has 2 saturated carbocycles. The van der Waals surface area contributed by atoms with Gasteiger partial charge in [0.15, 0.2) is 9.84 Å². The maximum absolute atomic E-state index is 11.7. The summed E-state index contributed by atoms with van der Waals surface area (Å²) in [5, 5.41) is 4.23. The Morgan fingerprint density at radius 1 is 1.18 bits per heavy atom. The van der Waals surface area contributed by atoms with Gasteiger partial charge in [-0.25, -0.2) is 8.42 Å². The van der Waals surface area contributed by atoms with Crippen LogP contribution in [-0.2, 0) is 9.84 Å². The van der Waals surface area contributed by atoms with Crippen molar-refractivity contribution in [3.8, 4) is 0 Å². The van der Waals surface area contributed by atoms with Crippen LogP contribution in [0.1, 0.15) is 38.5 Å². The van der Waals surface area contributed by atoms with Crippen molar-refractivity contribution in [2.24, 2.45) is 0 Å². The summed E-state index contributed by atoms with van der Waals surface area (Å²) >= 11 is 1.94. The van der Waals surface area contributed by atoms with E-state index in [1.165, 1.54) is 25.5 Å². The molecule has 2 aliphatic rings. The minimum Gasteiger partial charge on any atom is -0.310 e. The van der Waals surface area contributed by atoms with Crippen molar-refractivity contribution in [3.63, 3.8) is 0 Å². The summed E-state index contributed by atoms with van der Waals surface area (Å²) in [6.07, 6.45) is 10.2. The lowest BCUT2D eigenvalue weighted by Crippen LogP contribution is -2.44. The Morgan fingerprint density at radius 2 is 1.94 bits per heavy atom. The molecule has 0 heterocycles. The van der Waals surface area contributed by atoms with Gasteiger partial charge >= 0.3 is 0 Å². The molecule has 0 spiro atoms. The second-order valence-corrected chi connectivity index (χ2v) is 8.84. The molecule has 0 aromatic carbocycles. The first-order valence-corrected chi connectivity index (χ1v) is 9.72. The Hall–Kier alpha value is 0.260. The summed E-state index contributed by atoms with van der Waals surface area (Å²) in [5.41, 5.74) is 0. The van der Waals surface area contributed by atoms with E-state index in [0.717, 1.165) is 24.5 Å². The SMILES string of the molecule is CSC1CCC(NC2CCCC2S(C)(=O)=O)C1. The van der Waals surface area contributed by atoms with Gasteiger partial charge < -0.3 is 5.32 Å². The Bertz CT molecular complexity index is 356. The van der Waals surface area contributed by atoms with Crippen LogP contribution < -0.4 is 5.32 Å². The largest absolute Gasteiger partial charge is 0.310 e. The van der Waals surface area contributed by atoms with E-state index in [2.05, 4.69) is 11.6 Å². The van der Waals surface area contributed by atoms with Crippen LogP contribution >= 0.6 is 11.8 Å². The molecule has 4 atom stereocenters. The molecule has 0 bridgehead atoms. The molecule has 100 valence electrons. The molecule has 2 rings (SSSR count). The third kappa shape index (κ3) is 3.38. The highest BCUT2D eigenvalue weighted by Crippen LogP contribution is 2.31. The Balaban J connectivity index is 1.91. The van der Waals surface area contributed by atoms with Crippen LogP contribution in [0, 0.1) is 0 Å². The van der Waals surface area contributed by atoms with E-state index in [9.17, 15) is 8.42 Å².